The molecule has 0 saturated carbocycles. The zero-order valence-corrected chi connectivity index (χ0v) is 21.4. The Kier molecular flexibility index (Phi) is 32.3. The monoisotopic (exact) mass is 413 g/mol. The van der Waals surface area contributed by atoms with Gasteiger partial charge in [-0.25, -0.2) is 0 Å². The van der Waals surface area contributed by atoms with Crippen LogP contribution in [0.2, 0.25) is 0 Å². The Morgan fingerprint density at radius 1 is 0.379 bits per heavy atom. The van der Waals surface area contributed by atoms with Crippen molar-refractivity contribution in [3.63, 3.8) is 0 Å². The van der Waals surface area contributed by atoms with Gasteiger partial charge in [-0.1, -0.05) is 129 Å². The van der Waals surface area contributed by atoms with E-state index in [1.165, 1.54) is 128 Å². The zero-order valence-electron chi connectivity index (χ0n) is 21.4. The normalized spacial score (nSPS) is 11.0. The van der Waals surface area contributed by atoms with Crippen molar-refractivity contribution in [3.8, 4) is 0 Å². The minimum atomic E-state index is 0.994. The zero-order chi connectivity index (χ0) is 21.8. The van der Waals surface area contributed by atoms with E-state index in [-0.39, 0.29) is 0 Å². The van der Waals surface area contributed by atoms with Crippen LogP contribution in [0.1, 0.15) is 142 Å². The van der Waals surface area contributed by atoms with Gasteiger partial charge < -0.3 is 9.64 Å². The van der Waals surface area contributed by atoms with Crippen LogP contribution in [0.15, 0.2) is 0 Å². The van der Waals surface area contributed by atoms with Crippen LogP contribution in [-0.4, -0.2) is 39.3 Å². The second kappa shape index (κ2) is 30.1. The highest BCUT2D eigenvalue weighted by molar-refractivity contribution is 4.49. The van der Waals surface area contributed by atoms with E-state index in [1.54, 1.807) is 0 Å². The molecule has 0 bridgehead atoms. The molecule has 0 aliphatic heterocycles. The standard InChI is InChI=1S/C24H50O.C3H9N/c1-3-5-7-9-11-13-15-17-19-21-23-25-24-22-20-18-16-14-12-10-8-6-4-2;1-4(2)3/h3-24H2,1-2H3;1-3H3. The van der Waals surface area contributed by atoms with E-state index in [0.717, 1.165) is 13.2 Å². The molecule has 0 saturated heterocycles. The van der Waals surface area contributed by atoms with Crippen molar-refractivity contribution in [2.24, 2.45) is 0 Å². The lowest BCUT2D eigenvalue weighted by molar-refractivity contribution is 0.125. The number of hydrogen-bond acceptors (Lipinski definition) is 2. The number of rotatable bonds is 22. The molecule has 0 rings (SSSR count). The van der Waals surface area contributed by atoms with Crippen molar-refractivity contribution in [2.45, 2.75) is 142 Å². The summed E-state index contributed by atoms with van der Waals surface area (Å²) in [5.41, 5.74) is 0. The molecule has 0 radical (unpaired) electrons. The Morgan fingerprint density at radius 2 is 0.586 bits per heavy atom. The average molecular weight is 414 g/mol. The van der Waals surface area contributed by atoms with Gasteiger partial charge in [0.15, 0.2) is 0 Å². The topological polar surface area (TPSA) is 12.5 Å². The third kappa shape index (κ3) is 39.0. The van der Waals surface area contributed by atoms with Crippen molar-refractivity contribution in [1.29, 1.82) is 0 Å². The number of hydrogen-bond donors (Lipinski definition) is 0. The van der Waals surface area contributed by atoms with Gasteiger partial charge in [-0.3, -0.25) is 0 Å². The maximum atomic E-state index is 5.78. The van der Waals surface area contributed by atoms with Gasteiger partial charge in [0, 0.05) is 13.2 Å². The highest BCUT2D eigenvalue weighted by atomic mass is 16.5. The highest BCUT2D eigenvalue weighted by Gasteiger charge is 1.95. The average Bonchev–Trinajstić information content (AvgIpc) is 2.69. The maximum absolute atomic E-state index is 5.78. The second-order valence-electron chi connectivity index (χ2n) is 9.32. The van der Waals surface area contributed by atoms with Gasteiger partial charge in [0.05, 0.1) is 0 Å². The van der Waals surface area contributed by atoms with Crippen LogP contribution in [0.4, 0.5) is 0 Å². The lowest BCUT2D eigenvalue weighted by atomic mass is 10.1. The molecule has 178 valence electrons. The predicted octanol–water partition coefficient (Wildman–Crippen LogP) is 9.02. The summed E-state index contributed by atoms with van der Waals surface area (Å²) in [5.74, 6) is 0. The largest absolute Gasteiger partial charge is 0.381 e. The van der Waals surface area contributed by atoms with Crippen LogP contribution in [-0.2, 0) is 4.74 Å². The summed E-state index contributed by atoms with van der Waals surface area (Å²) in [6, 6.07) is 0. The molecule has 2 heteroatoms. The van der Waals surface area contributed by atoms with Gasteiger partial charge in [0.2, 0.25) is 0 Å². The van der Waals surface area contributed by atoms with Gasteiger partial charge in [0.1, 0.15) is 0 Å². The van der Waals surface area contributed by atoms with E-state index in [0.29, 0.717) is 0 Å². The summed E-state index contributed by atoms with van der Waals surface area (Å²) < 4.78 is 5.78. The number of ether oxygens (including phenoxy) is 1. The molecule has 0 aliphatic rings. The first-order valence-corrected chi connectivity index (χ1v) is 13.3. The van der Waals surface area contributed by atoms with Crippen molar-refractivity contribution in [1.82, 2.24) is 4.90 Å². The summed E-state index contributed by atoms with van der Waals surface area (Å²) in [7, 11) is 6.00. The number of unbranched alkanes of at least 4 members (excludes halogenated alkanes) is 18. The van der Waals surface area contributed by atoms with Crippen LogP contribution in [0, 0.1) is 0 Å². The predicted molar refractivity (Wildman–Crippen MR) is 134 cm³/mol. The Bertz CT molecular complexity index is 230. The first kappa shape index (κ1) is 31.1. The van der Waals surface area contributed by atoms with Gasteiger partial charge in [0.25, 0.3) is 0 Å². The second-order valence-corrected chi connectivity index (χ2v) is 9.32. The van der Waals surface area contributed by atoms with E-state index >= 15 is 0 Å². The molecule has 0 amide bonds. The van der Waals surface area contributed by atoms with E-state index in [1.807, 2.05) is 26.0 Å². The summed E-state index contributed by atoms with van der Waals surface area (Å²) in [4.78, 5) is 2.00. The van der Waals surface area contributed by atoms with Crippen LogP contribution >= 0.6 is 0 Å². The molecule has 0 heterocycles. The third-order valence-corrected chi connectivity index (χ3v) is 5.28. The van der Waals surface area contributed by atoms with Gasteiger partial charge >= 0.3 is 0 Å². The fraction of sp³-hybridized carbons (Fsp3) is 1.00. The molecule has 0 fully saturated rings. The summed E-state index contributed by atoms with van der Waals surface area (Å²) >= 11 is 0. The Labute approximate surface area is 186 Å². The minimum Gasteiger partial charge on any atom is -0.381 e. The van der Waals surface area contributed by atoms with Crippen molar-refractivity contribution in [3.05, 3.63) is 0 Å². The van der Waals surface area contributed by atoms with Gasteiger partial charge in [-0.15, -0.1) is 0 Å². The van der Waals surface area contributed by atoms with Crippen LogP contribution in [0.5, 0.6) is 0 Å². The molecule has 29 heavy (non-hydrogen) atoms. The fourth-order valence-electron chi connectivity index (χ4n) is 3.49. The molecule has 0 aromatic rings. The summed E-state index contributed by atoms with van der Waals surface area (Å²) in [6.45, 7) is 6.57. The van der Waals surface area contributed by atoms with E-state index in [4.69, 9.17) is 4.74 Å². The van der Waals surface area contributed by atoms with Crippen LogP contribution < -0.4 is 0 Å². The molecule has 0 atom stereocenters. The fourth-order valence-corrected chi connectivity index (χ4v) is 3.49. The quantitative estimate of drug-likeness (QED) is 0.164. The van der Waals surface area contributed by atoms with Crippen molar-refractivity contribution >= 4 is 0 Å². The summed E-state index contributed by atoms with van der Waals surface area (Å²) in [6.07, 6.45) is 28.2. The molecule has 2 nitrogen and oxygen atoms in total. The molecule has 0 aromatic heterocycles. The highest BCUT2D eigenvalue weighted by Crippen LogP contribution is 2.12. The van der Waals surface area contributed by atoms with Crippen LogP contribution in [0.3, 0.4) is 0 Å². The first-order valence-electron chi connectivity index (χ1n) is 13.3. The van der Waals surface area contributed by atoms with Crippen LogP contribution in [0.25, 0.3) is 0 Å². The Morgan fingerprint density at radius 3 is 0.828 bits per heavy atom. The smallest absolute Gasteiger partial charge is 0.0466 e. The molecule has 0 spiro atoms. The Hall–Kier alpha value is -0.0800. The van der Waals surface area contributed by atoms with Gasteiger partial charge in [-0.2, -0.15) is 0 Å². The van der Waals surface area contributed by atoms with Crippen molar-refractivity contribution in [2.75, 3.05) is 34.4 Å². The van der Waals surface area contributed by atoms with E-state index in [9.17, 15) is 0 Å². The molecule has 0 N–H and O–H groups in total. The van der Waals surface area contributed by atoms with E-state index < -0.39 is 0 Å². The first-order chi connectivity index (χ1) is 14.1. The molecule has 0 unspecified atom stereocenters. The summed E-state index contributed by atoms with van der Waals surface area (Å²) in [5, 5.41) is 0. The lowest BCUT2D eigenvalue weighted by Crippen LogP contribution is -1.99. The van der Waals surface area contributed by atoms with E-state index in [2.05, 4.69) is 13.8 Å². The third-order valence-electron chi connectivity index (χ3n) is 5.28. The number of nitrogens with zero attached hydrogens (tertiary/aromatic N) is 1. The SMILES string of the molecule is CCCCCCCCCCCCOCCCCCCCCCCCC.CN(C)C. The van der Waals surface area contributed by atoms with Crippen molar-refractivity contribution < 1.29 is 4.74 Å². The minimum absolute atomic E-state index is 0.994. The maximum Gasteiger partial charge on any atom is 0.0466 e. The Balaban J connectivity index is 0. The lowest BCUT2D eigenvalue weighted by Gasteiger charge is -2.05. The molecular formula is C27H59NO. The molecular weight excluding hydrogens is 354 g/mol. The molecule has 0 aliphatic carbocycles. The molecule has 0 aromatic carbocycles. The van der Waals surface area contributed by atoms with Gasteiger partial charge in [-0.05, 0) is 34.0 Å².